The molecule has 10 heteroatoms. The number of carbonyl (C=O) groups is 1. The van der Waals surface area contributed by atoms with E-state index < -0.39 is 0 Å². The lowest BCUT2D eigenvalue weighted by Crippen LogP contribution is -2.41. The van der Waals surface area contributed by atoms with Gasteiger partial charge < -0.3 is 24.5 Å². The standard InChI is InChI=1S/C34H34N8O2/c1-18-10-23(15-37-26(18)14-35)24-8-6-20-12-28(41(32(20)38-24)16-19-4-5-19)33-39-25-11-22(13-29(44-3)31(25)40(33)2)34(43)42-17-21-7-9-27(42)30(21)36/h6,8,10-13,15,19,21,27,30H,4-5,7,9,16-17,36H2,1-3H3. The van der Waals surface area contributed by atoms with Crippen molar-refractivity contribution in [2.24, 2.45) is 24.6 Å². The van der Waals surface area contributed by atoms with Crippen LogP contribution in [-0.2, 0) is 13.6 Å². The van der Waals surface area contributed by atoms with Gasteiger partial charge >= 0.3 is 0 Å². The number of fused-ring (bicyclic) bond motifs is 4. The number of imidazole rings is 1. The molecule has 3 aliphatic rings. The van der Waals surface area contributed by atoms with Gasteiger partial charge in [-0.15, -0.1) is 0 Å². The van der Waals surface area contributed by atoms with Gasteiger partial charge in [0, 0.05) is 54.9 Å². The smallest absolute Gasteiger partial charge is 0.254 e. The number of benzene rings is 1. The average molecular weight is 587 g/mol. The number of nitrogens with two attached hydrogens (primary N) is 1. The number of ether oxygens (including phenoxy) is 1. The lowest BCUT2D eigenvalue weighted by Gasteiger charge is -2.27. The number of piperidine rings is 1. The van der Waals surface area contributed by atoms with Gasteiger partial charge in [-0.1, -0.05) is 0 Å². The predicted octanol–water partition coefficient (Wildman–Crippen LogP) is 4.81. The number of carbonyl (C=O) groups excluding carboxylic acids is 1. The second kappa shape index (κ2) is 9.89. The highest BCUT2D eigenvalue weighted by Gasteiger charge is 2.47. The number of amides is 1. The van der Waals surface area contributed by atoms with E-state index in [2.05, 4.69) is 32.3 Å². The van der Waals surface area contributed by atoms with Crippen molar-refractivity contribution in [2.45, 2.75) is 51.2 Å². The summed E-state index contributed by atoms with van der Waals surface area (Å²) in [5.41, 5.74) is 13.4. The number of likely N-dealkylation sites (tertiary alicyclic amines) is 1. The molecule has 2 aliphatic carbocycles. The zero-order chi connectivity index (χ0) is 30.3. The third kappa shape index (κ3) is 4.10. The Kier molecular flexibility index (Phi) is 6.04. The molecule has 0 spiro atoms. The van der Waals surface area contributed by atoms with Crippen LogP contribution in [-0.4, -0.2) is 60.6 Å². The zero-order valence-corrected chi connectivity index (χ0v) is 25.1. The minimum atomic E-state index is -0.00726. The van der Waals surface area contributed by atoms with Crippen LogP contribution in [0.4, 0.5) is 0 Å². The van der Waals surface area contributed by atoms with Crippen LogP contribution >= 0.6 is 0 Å². The highest BCUT2D eigenvalue weighted by Crippen LogP contribution is 2.40. The second-order valence-corrected chi connectivity index (χ2v) is 12.7. The molecule has 3 unspecified atom stereocenters. The van der Waals surface area contributed by atoms with Gasteiger partial charge in [-0.25, -0.2) is 15.0 Å². The number of hydrogen-bond donors (Lipinski definition) is 1. The molecule has 44 heavy (non-hydrogen) atoms. The highest BCUT2D eigenvalue weighted by atomic mass is 16.5. The number of nitrogens with zero attached hydrogens (tertiary/aromatic N) is 7. The molecule has 10 nitrogen and oxygen atoms in total. The first-order valence-electron chi connectivity index (χ1n) is 15.3. The summed E-state index contributed by atoms with van der Waals surface area (Å²) in [5, 5.41) is 10.3. The first-order chi connectivity index (χ1) is 21.3. The number of nitriles is 1. The van der Waals surface area contributed by atoms with E-state index in [1.807, 2.05) is 43.1 Å². The number of rotatable bonds is 6. The van der Waals surface area contributed by atoms with Crippen molar-refractivity contribution in [2.75, 3.05) is 13.7 Å². The highest BCUT2D eigenvalue weighted by molar-refractivity contribution is 6.00. The topological polar surface area (TPSA) is 128 Å². The largest absolute Gasteiger partial charge is 0.494 e. The van der Waals surface area contributed by atoms with Crippen molar-refractivity contribution in [3.63, 3.8) is 0 Å². The van der Waals surface area contributed by atoms with Crippen molar-refractivity contribution in [3.8, 4) is 34.6 Å². The molecule has 0 radical (unpaired) electrons. The molecular formula is C34H34N8O2. The summed E-state index contributed by atoms with van der Waals surface area (Å²) in [4.78, 5) is 30.2. The Balaban J connectivity index is 1.24. The predicted molar refractivity (Wildman–Crippen MR) is 167 cm³/mol. The Bertz CT molecular complexity index is 2030. The molecule has 2 bridgehead atoms. The second-order valence-electron chi connectivity index (χ2n) is 12.7. The van der Waals surface area contributed by atoms with Crippen LogP contribution in [0.3, 0.4) is 0 Å². The van der Waals surface area contributed by atoms with E-state index in [1.54, 1.807) is 13.3 Å². The van der Waals surface area contributed by atoms with Crippen molar-refractivity contribution < 1.29 is 9.53 Å². The molecule has 222 valence electrons. The molecule has 2 N–H and O–H groups in total. The van der Waals surface area contributed by atoms with Crippen molar-refractivity contribution >= 4 is 28.0 Å². The van der Waals surface area contributed by atoms with Gasteiger partial charge in [0.25, 0.3) is 5.91 Å². The van der Waals surface area contributed by atoms with Crippen LogP contribution < -0.4 is 10.5 Å². The van der Waals surface area contributed by atoms with Gasteiger partial charge in [0.1, 0.15) is 28.7 Å². The Morgan fingerprint density at radius 3 is 2.66 bits per heavy atom. The quantitative estimate of drug-likeness (QED) is 0.302. The van der Waals surface area contributed by atoms with E-state index in [4.69, 9.17) is 20.4 Å². The van der Waals surface area contributed by atoms with E-state index in [9.17, 15) is 10.1 Å². The fraction of sp³-hybridized carbons (Fsp3) is 0.382. The molecule has 2 saturated carbocycles. The monoisotopic (exact) mass is 586 g/mol. The molecule has 1 aromatic carbocycles. The maximum Gasteiger partial charge on any atom is 0.254 e. The summed E-state index contributed by atoms with van der Waals surface area (Å²) in [7, 11) is 3.63. The van der Waals surface area contributed by atoms with E-state index in [0.29, 0.717) is 35.4 Å². The molecule has 5 heterocycles. The molecule has 1 aliphatic heterocycles. The fourth-order valence-electron chi connectivity index (χ4n) is 7.32. The van der Waals surface area contributed by atoms with Gasteiger partial charge in [0.2, 0.25) is 0 Å². The maximum atomic E-state index is 13.7. The minimum absolute atomic E-state index is 0.00726. The van der Waals surface area contributed by atoms with Crippen molar-refractivity contribution in [1.29, 1.82) is 5.26 Å². The Morgan fingerprint density at radius 2 is 1.98 bits per heavy atom. The molecule has 4 aromatic heterocycles. The molecule has 5 aromatic rings. The number of aromatic nitrogens is 5. The SMILES string of the molecule is COc1cc(C(=O)N2CC3CCC2C3N)cc2nc(-c3cc4ccc(-c5cnc(C#N)c(C)c5)nc4n3CC3CC3)n(C)c12. The summed E-state index contributed by atoms with van der Waals surface area (Å²) in [6.45, 7) is 3.46. The van der Waals surface area contributed by atoms with Crippen LogP contribution in [0.2, 0.25) is 0 Å². The zero-order valence-electron chi connectivity index (χ0n) is 25.1. The molecule has 1 saturated heterocycles. The normalized spacial score (nSPS) is 21.0. The van der Waals surface area contributed by atoms with E-state index in [0.717, 1.165) is 69.8 Å². The van der Waals surface area contributed by atoms with Crippen LogP contribution in [0.15, 0.2) is 42.6 Å². The third-order valence-electron chi connectivity index (χ3n) is 9.91. The first kappa shape index (κ1) is 26.8. The van der Waals surface area contributed by atoms with Crippen molar-refractivity contribution in [1.82, 2.24) is 29.0 Å². The number of methoxy groups -OCH3 is 1. The summed E-state index contributed by atoms with van der Waals surface area (Å²) in [6, 6.07) is 14.2. The van der Waals surface area contributed by atoms with Gasteiger partial charge in [-0.3, -0.25) is 4.79 Å². The molecule has 8 rings (SSSR count). The third-order valence-corrected chi connectivity index (χ3v) is 9.91. The van der Waals surface area contributed by atoms with Crippen LogP contribution in [0.5, 0.6) is 5.75 Å². The summed E-state index contributed by atoms with van der Waals surface area (Å²) >= 11 is 0. The lowest BCUT2D eigenvalue weighted by atomic mass is 10.1. The Hall–Kier alpha value is -4.75. The van der Waals surface area contributed by atoms with Gasteiger partial charge in [0.15, 0.2) is 5.82 Å². The lowest BCUT2D eigenvalue weighted by molar-refractivity contribution is 0.0700. The summed E-state index contributed by atoms with van der Waals surface area (Å²) < 4.78 is 10.2. The Labute approximate surface area is 255 Å². The average Bonchev–Trinajstić information content (AvgIpc) is 3.44. The van der Waals surface area contributed by atoms with Gasteiger partial charge in [-0.05, 0) is 86.4 Å². The first-order valence-corrected chi connectivity index (χ1v) is 15.3. The van der Waals surface area contributed by atoms with Crippen molar-refractivity contribution in [3.05, 3.63) is 59.4 Å². The maximum absolute atomic E-state index is 13.7. The summed E-state index contributed by atoms with van der Waals surface area (Å²) in [5.74, 6) is 2.39. The minimum Gasteiger partial charge on any atom is -0.494 e. The number of hydrogen-bond acceptors (Lipinski definition) is 7. The van der Waals surface area contributed by atoms with Gasteiger partial charge in [-0.2, -0.15) is 5.26 Å². The Morgan fingerprint density at radius 1 is 1.14 bits per heavy atom. The van der Waals surface area contributed by atoms with E-state index in [1.165, 1.54) is 12.8 Å². The van der Waals surface area contributed by atoms with Crippen LogP contribution in [0, 0.1) is 30.1 Å². The molecule has 3 fully saturated rings. The molecule has 3 atom stereocenters. The molecule has 1 amide bonds. The van der Waals surface area contributed by atoms with E-state index in [-0.39, 0.29) is 18.0 Å². The van der Waals surface area contributed by atoms with Crippen LogP contribution in [0.25, 0.3) is 44.8 Å². The molecular weight excluding hydrogens is 552 g/mol. The fourth-order valence-corrected chi connectivity index (χ4v) is 7.32. The summed E-state index contributed by atoms with van der Waals surface area (Å²) in [6.07, 6.45) is 6.17. The van der Waals surface area contributed by atoms with Crippen LogP contribution in [0.1, 0.15) is 47.3 Å². The number of pyridine rings is 2. The number of aryl methyl sites for hydroxylation is 2. The van der Waals surface area contributed by atoms with Gasteiger partial charge in [0.05, 0.1) is 24.0 Å². The van der Waals surface area contributed by atoms with E-state index >= 15 is 0 Å².